The number of piperidine rings is 1. The van der Waals surface area contributed by atoms with Crippen molar-refractivity contribution in [2.75, 3.05) is 17.8 Å². The van der Waals surface area contributed by atoms with Crippen molar-refractivity contribution in [3.8, 4) is 11.8 Å². The number of aromatic nitrogens is 1. The van der Waals surface area contributed by atoms with Gasteiger partial charge in [-0.15, -0.1) is 0 Å². The Labute approximate surface area is 125 Å². The molecule has 1 unspecified atom stereocenters. The largest absolute Gasteiger partial charge is 0.320 e. The Balaban J connectivity index is 2.16. The van der Waals surface area contributed by atoms with Crippen LogP contribution in [0.2, 0.25) is 0 Å². The molecule has 0 spiro atoms. The quantitative estimate of drug-likeness (QED) is 0.813. The highest BCUT2D eigenvalue weighted by atomic mass is 32.2. The van der Waals surface area contributed by atoms with E-state index in [4.69, 9.17) is 5.73 Å². The van der Waals surface area contributed by atoms with Gasteiger partial charge in [-0.2, -0.15) is 12.7 Å². The molecular weight excluding hydrogens is 288 g/mol. The first-order valence-corrected chi connectivity index (χ1v) is 8.41. The number of nitrogens with one attached hydrogen (secondary N) is 1. The monoisotopic (exact) mass is 308 g/mol. The summed E-state index contributed by atoms with van der Waals surface area (Å²) >= 11 is 0. The molecule has 1 aliphatic heterocycles. The van der Waals surface area contributed by atoms with E-state index in [1.165, 1.54) is 10.5 Å². The summed E-state index contributed by atoms with van der Waals surface area (Å²) in [4.78, 5) is 4.04. The fraction of sp³-hybridized carbons (Fsp3) is 0.500. The molecule has 0 amide bonds. The Kier molecular flexibility index (Phi) is 5.17. The maximum atomic E-state index is 12.4. The van der Waals surface area contributed by atoms with Crippen LogP contribution in [-0.2, 0) is 10.2 Å². The molecule has 6 nitrogen and oxygen atoms in total. The summed E-state index contributed by atoms with van der Waals surface area (Å²) < 4.78 is 28.8. The van der Waals surface area contributed by atoms with Crippen LogP contribution in [-0.4, -0.2) is 36.8 Å². The fourth-order valence-electron chi connectivity index (χ4n) is 2.34. The van der Waals surface area contributed by atoms with Crippen molar-refractivity contribution in [3.63, 3.8) is 0 Å². The number of hydrogen-bond donors (Lipinski definition) is 2. The van der Waals surface area contributed by atoms with Gasteiger partial charge in [-0.1, -0.05) is 18.3 Å². The lowest BCUT2D eigenvalue weighted by molar-refractivity contribution is 0.270. The highest BCUT2D eigenvalue weighted by molar-refractivity contribution is 7.90. The van der Waals surface area contributed by atoms with E-state index in [9.17, 15) is 8.42 Å². The molecule has 7 heteroatoms. The lowest BCUT2D eigenvalue weighted by atomic mass is 10.1. The predicted octanol–water partition coefficient (Wildman–Crippen LogP) is 0.923. The summed E-state index contributed by atoms with van der Waals surface area (Å²) in [5, 5.41) is 0. The maximum absolute atomic E-state index is 12.4. The lowest BCUT2D eigenvalue weighted by Gasteiger charge is -2.32. The number of nitrogens with two attached hydrogens (primary N) is 1. The van der Waals surface area contributed by atoms with E-state index in [-0.39, 0.29) is 18.4 Å². The molecule has 21 heavy (non-hydrogen) atoms. The van der Waals surface area contributed by atoms with Crippen molar-refractivity contribution >= 4 is 16.0 Å². The molecule has 2 rings (SSSR count). The zero-order chi connectivity index (χ0) is 15.3. The molecule has 1 aliphatic rings. The van der Waals surface area contributed by atoms with Gasteiger partial charge in [-0.25, -0.2) is 4.98 Å². The van der Waals surface area contributed by atoms with Crippen LogP contribution >= 0.6 is 0 Å². The highest BCUT2D eigenvalue weighted by Crippen LogP contribution is 2.21. The molecule has 1 saturated heterocycles. The van der Waals surface area contributed by atoms with E-state index in [2.05, 4.69) is 21.5 Å². The third-order valence-corrected chi connectivity index (χ3v) is 5.01. The zero-order valence-electron chi connectivity index (χ0n) is 12.0. The number of nitrogens with zero attached hydrogens (tertiary/aromatic N) is 2. The van der Waals surface area contributed by atoms with Gasteiger partial charge >= 0.3 is 10.2 Å². The van der Waals surface area contributed by atoms with Crippen molar-refractivity contribution in [1.29, 1.82) is 0 Å². The molecule has 0 aliphatic carbocycles. The number of pyridine rings is 1. The van der Waals surface area contributed by atoms with E-state index in [1.807, 2.05) is 6.92 Å². The second-order valence-electron chi connectivity index (χ2n) is 5.00. The number of anilines is 1. The van der Waals surface area contributed by atoms with Gasteiger partial charge in [0.2, 0.25) is 0 Å². The van der Waals surface area contributed by atoms with Crippen molar-refractivity contribution in [2.24, 2.45) is 5.73 Å². The highest BCUT2D eigenvalue weighted by Gasteiger charge is 2.29. The maximum Gasteiger partial charge on any atom is 0.303 e. The van der Waals surface area contributed by atoms with Crippen LogP contribution in [0.1, 0.15) is 31.7 Å². The number of hydrogen-bond acceptors (Lipinski definition) is 4. The van der Waals surface area contributed by atoms with Crippen molar-refractivity contribution < 1.29 is 8.42 Å². The fourth-order valence-corrected chi connectivity index (χ4v) is 3.78. The van der Waals surface area contributed by atoms with E-state index in [1.54, 1.807) is 12.1 Å². The topological polar surface area (TPSA) is 88.3 Å². The van der Waals surface area contributed by atoms with Gasteiger partial charge in [-0.05, 0) is 31.9 Å². The van der Waals surface area contributed by atoms with E-state index >= 15 is 0 Å². The van der Waals surface area contributed by atoms with Gasteiger partial charge in [0.1, 0.15) is 5.82 Å². The van der Waals surface area contributed by atoms with Crippen LogP contribution in [0.5, 0.6) is 0 Å². The van der Waals surface area contributed by atoms with Crippen LogP contribution in [0.3, 0.4) is 0 Å². The molecule has 0 aromatic carbocycles. The van der Waals surface area contributed by atoms with Crippen LogP contribution in [0.15, 0.2) is 18.3 Å². The average Bonchev–Trinajstić information content (AvgIpc) is 2.45. The summed E-state index contributed by atoms with van der Waals surface area (Å²) in [7, 11) is -3.57. The second kappa shape index (κ2) is 6.89. The Bertz CT molecular complexity index is 648. The third-order valence-electron chi connectivity index (χ3n) is 3.38. The summed E-state index contributed by atoms with van der Waals surface area (Å²) in [6, 6.07) is 3.33. The Morgan fingerprint density at radius 1 is 1.52 bits per heavy atom. The second-order valence-corrected chi connectivity index (χ2v) is 6.62. The zero-order valence-corrected chi connectivity index (χ0v) is 12.9. The molecule has 3 N–H and O–H groups in total. The minimum Gasteiger partial charge on any atom is -0.320 e. The summed E-state index contributed by atoms with van der Waals surface area (Å²) in [5.41, 5.74) is 6.00. The van der Waals surface area contributed by atoms with Crippen LogP contribution in [0.4, 0.5) is 5.82 Å². The first kappa shape index (κ1) is 15.8. The average molecular weight is 308 g/mol. The molecule has 1 aromatic heterocycles. The number of rotatable bonds is 3. The van der Waals surface area contributed by atoms with Gasteiger partial charge in [0.15, 0.2) is 0 Å². The van der Waals surface area contributed by atoms with E-state index < -0.39 is 10.2 Å². The van der Waals surface area contributed by atoms with Crippen LogP contribution in [0.25, 0.3) is 0 Å². The Morgan fingerprint density at radius 2 is 2.33 bits per heavy atom. The minimum absolute atomic E-state index is 0.0106. The molecular formula is C14H20N4O2S. The summed E-state index contributed by atoms with van der Waals surface area (Å²) in [6.45, 7) is 2.73. The Morgan fingerprint density at radius 3 is 3.05 bits per heavy atom. The van der Waals surface area contributed by atoms with Crippen molar-refractivity contribution in [2.45, 2.75) is 32.2 Å². The van der Waals surface area contributed by atoms with Gasteiger partial charge < -0.3 is 5.73 Å². The van der Waals surface area contributed by atoms with Gasteiger partial charge in [0.05, 0.1) is 6.54 Å². The van der Waals surface area contributed by atoms with E-state index in [0.717, 1.165) is 19.3 Å². The normalized spacial score (nSPS) is 19.6. The lowest BCUT2D eigenvalue weighted by Crippen LogP contribution is -2.44. The van der Waals surface area contributed by atoms with Crippen LogP contribution < -0.4 is 10.5 Å². The third kappa shape index (κ3) is 4.17. The first-order valence-electron chi connectivity index (χ1n) is 6.97. The molecule has 0 saturated carbocycles. The summed E-state index contributed by atoms with van der Waals surface area (Å²) in [6.07, 6.45) is 4.37. The van der Waals surface area contributed by atoms with Gasteiger partial charge in [0.25, 0.3) is 0 Å². The molecule has 1 atom stereocenters. The van der Waals surface area contributed by atoms with Crippen molar-refractivity contribution in [1.82, 2.24) is 9.29 Å². The van der Waals surface area contributed by atoms with E-state index in [0.29, 0.717) is 12.1 Å². The molecule has 2 heterocycles. The standard InChI is InChI=1S/C14H20N4O2S/c1-12-5-2-3-10-18(12)21(19,20)17-14-11-13(6-4-8-15)7-9-16-14/h7,9,11-12H,2-3,5,8,10,15H2,1H3,(H,16,17). The molecule has 114 valence electrons. The predicted molar refractivity (Wildman–Crippen MR) is 82.7 cm³/mol. The van der Waals surface area contributed by atoms with Crippen molar-refractivity contribution in [3.05, 3.63) is 23.9 Å². The minimum atomic E-state index is -3.57. The van der Waals surface area contributed by atoms with Gasteiger partial charge in [-0.3, -0.25) is 4.72 Å². The molecule has 1 aromatic rings. The molecule has 1 fully saturated rings. The van der Waals surface area contributed by atoms with Gasteiger partial charge in [0, 0.05) is 24.3 Å². The molecule has 0 bridgehead atoms. The van der Waals surface area contributed by atoms with Crippen LogP contribution in [0, 0.1) is 11.8 Å². The summed E-state index contributed by atoms with van der Waals surface area (Å²) in [5.74, 6) is 5.86. The Hall–Kier alpha value is -1.62. The SMILES string of the molecule is CC1CCCCN1S(=O)(=O)Nc1cc(C#CCN)ccn1. The molecule has 0 radical (unpaired) electrons. The first-order chi connectivity index (χ1) is 10.0. The smallest absolute Gasteiger partial charge is 0.303 e.